The Morgan fingerprint density at radius 1 is 1.14 bits per heavy atom. The molecule has 122 valence electrons. The van der Waals surface area contributed by atoms with E-state index in [9.17, 15) is 0 Å². The van der Waals surface area contributed by atoms with E-state index >= 15 is 0 Å². The average Bonchev–Trinajstić information content (AvgIpc) is 2.89. The molecular weight excluding hydrogens is 268 g/mol. The van der Waals surface area contributed by atoms with Crippen molar-refractivity contribution in [1.29, 1.82) is 0 Å². The summed E-state index contributed by atoms with van der Waals surface area (Å²) >= 11 is 0. The van der Waals surface area contributed by atoms with E-state index in [4.69, 9.17) is 0 Å². The first-order valence-corrected chi connectivity index (χ1v) is 8.40. The van der Waals surface area contributed by atoms with Crippen molar-refractivity contribution in [3.8, 4) is 0 Å². The van der Waals surface area contributed by atoms with E-state index in [-0.39, 0.29) is 6.84 Å². The molecule has 1 N–H and O–H groups in total. The van der Waals surface area contributed by atoms with E-state index in [1.165, 1.54) is 11.1 Å². The highest BCUT2D eigenvalue weighted by Crippen LogP contribution is 2.33. The minimum absolute atomic E-state index is 0. The van der Waals surface area contributed by atoms with Gasteiger partial charge in [0, 0.05) is 1.43 Å². The Labute approximate surface area is 136 Å². The minimum Gasteiger partial charge on any atom is -0.342 e. The van der Waals surface area contributed by atoms with Crippen LogP contribution in [0, 0.1) is 12.3 Å². The number of allylic oxidation sites excluding steroid dienone is 4. The van der Waals surface area contributed by atoms with Crippen LogP contribution >= 0.6 is 0 Å². The molecule has 3 rings (SSSR count). The third-order valence-electron chi connectivity index (χ3n) is 3.42. The van der Waals surface area contributed by atoms with Crippen LogP contribution in [0.3, 0.4) is 0 Å². The standard InChI is InChI=1S/C16H18N2.2C2H6.H2/c1-11-17-14-7-6-12(9-15(14)18-11)13-5-4-8-16(2,3)10-13;2*1-2;/h4-7,9-10H,8H2,1-3H3,(H,17,18);2*1-2H3;1H. The second-order valence-electron chi connectivity index (χ2n) is 5.75. The Morgan fingerprint density at radius 2 is 1.82 bits per heavy atom. The van der Waals surface area contributed by atoms with Crippen LogP contribution < -0.4 is 0 Å². The number of benzene rings is 1. The van der Waals surface area contributed by atoms with Crippen LogP contribution in [0.25, 0.3) is 16.6 Å². The molecule has 1 aliphatic rings. The molecule has 2 aromatic rings. The lowest BCUT2D eigenvalue weighted by atomic mass is 9.82. The fourth-order valence-corrected chi connectivity index (χ4v) is 2.51. The van der Waals surface area contributed by atoms with Crippen molar-refractivity contribution in [2.45, 2.75) is 54.9 Å². The normalized spacial score (nSPS) is 15.3. The molecule has 1 aliphatic carbocycles. The number of hydrogen-bond acceptors (Lipinski definition) is 1. The molecule has 22 heavy (non-hydrogen) atoms. The maximum atomic E-state index is 4.43. The van der Waals surface area contributed by atoms with Crippen LogP contribution in [0.4, 0.5) is 0 Å². The number of nitrogens with zero attached hydrogens (tertiary/aromatic N) is 1. The summed E-state index contributed by atoms with van der Waals surface area (Å²) < 4.78 is 0. The molecule has 2 nitrogen and oxygen atoms in total. The van der Waals surface area contributed by atoms with Crippen molar-refractivity contribution in [2.75, 3.05) is 0 Å². The van der Waals surface area contributed by atoms with E-state index in [1.54, 1.807) is 0 Å². The van der Waals surface area contributed by atoms with Gasteiger partial charge in [0.05, 0.1) is 11.0 Å². The fraction of sp³-hybridized carbons (Fsp3) is 0.450. The van der Waals surface area contributed by atoms with Gasteiger partial charge in [-0.05, 0) is 42.0 Å². The zero-order valence-electron chi connectivity index (χ0n) is 15.1. The molecule has 0 fully saturated rings. The molecule has 1 aromatic carbocycles. The highest BCUT2D eigenvalue weighted by molar-refractivity contribution is 5.84. The van der Waals surface area contributed by atoms with E-state index in [0.717, 1.165) is 23.3 Å². The Kier molecular flexibility index (Phi) is 6.61. The maximum absolute atomic E-state index is 4.43. The number of aryl methyl sites for hydroxylation is 1. The van der Waals surface area contributed by atoms with Gasteiger partial charge in [0.15, 0.2) is 0 Å². The zero-order chi connectivity index (χ0) is 16.8. The number of H-pyrrole nitrogens is 1. The monoisotopic (exact) mass is 300 g/mol. The van der Waals surface area contributed by atoms with Crippen molar-refractivity contribution < 1.29 is 1.43 Å². The molecule has 1 heterocycles. The highest BCUT2D eigenvalue weighted by atomic mass is 14.9. The minimum atomic E-state index is 0. The summed E-state index contributed by atoms with van der Waals surface area (Å²) in [6.45, 7) is 14.5. The van der Waals surface area contributed by atoms with E-state index in [1.807, 2.05) is 34.6 Å². The summed E-state index contributed by atoms with van der Waals surface area (Å²) in [4.78, 5) is 7.73. The first-order valence-electron chi connectivity index (χ1n) is 8.40. The van der Waals surface area contributed by atoms with Crippen LogP contribution in [0.1, 0.15) is 60.8 Å². The quantitative estimate of drug-likeness (QED) is 0.636. The Bertz CT molecular complexity index is 663. The fourth-order valence-electron chi connectivity index (χ4n) is 2.51. The number of nitrogens with one attached hydrogen (secondary N) is 1. The number of fused-ring (bicyclic) bond motifs is 1. The smallest absolute Gasteiger partial charge is 0.104 e. The van der Waals surface area contributed by atoms with Gasteiger partial charge in [-0.1, -0.05) is 65.8 Å². The number of rotatable bonds is 1. The Morgan fingerprint density at radius 3 is 2.45 bits per heavy atom. The Balaban J connectivity index is 0.000000901. The average molecular weight is 300 g/mol. The second kappa shape index (κ2) is 7.98. The van der Waals surface area contributed by atoms with Crippen LogP contribution in [0.15, 0.2) is 36.4 Å². The van der Waals surface area contributed by atoms with Crippen LogP contribution in [0.2, 0.25) is 0 Å². The van der Waals surface area contributed by atoms with Crippen molar-refractivity contribution in [2.24, 2.45) is 5.41 Å². The SMILES string of the molecule is CC.CC.Cc1nc2ccc(C3=CC(C)(C)CC=C3)cc2[nH]1.[HH]. The number of hydrogen-bond donors (Lipinski definition) is 1. The third kappa shape index (κ3) is 4.33. The summed E-state index contributed by atoms with van der Waals surface area (Å²) in [6.07, 6.45) is 7.95. The van der Waals surface area contributed by atoms with Crippen LogP contribution in [0.5, 0.6) is 0 Å². The van der Waals surface area contributed by atoms with Gasteiger partial charge in [-0.3, -0.25) is 0 Å². The van der Waals surface area contributed by atoms with Crippen molar-refractivity contribution in [1.82, 2.24) is 9.97 Å². The predicted molar refractivity (Wildman–Crippen MR) is 101 cm³/mol. The molecule has 1 aromatic heterocycles. The lowest BCUT2D eigenvalue weighted by Crippen LogP contribution is -2.09. The summed E-state index contributed by atoms with van der Waals surface area (Å²) in [5, 5.41) is 0. The zero-order valence-corrected chi connectivity index (χ0v) is 15.1. The van der Waals surface area contributed by atoms with Gasteiger partial charge in [0.1, 0.15) is 5.82 Å². The number of aromatic nitrogens is 2. The van der Waals surface area contributed by atoms with Crippen molar-refractivity contribution in [3.63, 3.8) is 0 Å². The molecular formula is C20H32N2. The highest BCUT2D eigenvalue weighted by Gasteiger charge is 2.17. The van der Waals surface area contributed by atoms with Gasteiger partial charge in [0.2, 0.25) is 0 Å². The molecule has 0 saturated heterocycles. The van der Waals surface area contributed by atoms with Gasteiger partial charge in [-0.15, -0.1) is 0 Å². The van der Waals surface area contributed by atoms with Crippen molar-refractivity contribution in [3.05, 3.63) is 47.8 Å². The summed E-state index contributed by atoms with van der Waals surface area (Å²) in [7, 11) is 0. The Hall–Kier alpha value is -1.83. The summed E-state index contributed by atoms with van der Waals surface area (Å²) in [5.74, 6) is 0.968. The molecule has 2 heteroatoms. The third-order valence-corrected chi connectivity index (χ3v) is 3.42. The van der Waals surface area contributed by atoms with Gasteiger partial charge in [-0.25, -0.2) is 4.98 Å². The van der Waals surface area contributed by atoms with Crippen LogP contribution in [-0.4, -0.2) is 9.97 Å². The van der Waals surface area contributed by atoms with Gasteiger partial charge < -0.3 is 4.98 Å². The van der Waals surface area contributed by atoms with Crippen molar-refractivity contribution >= 4 is 16.6 Å². The first kappa shape index (κ1) is 18.2. The lowest BCUT2D eigenvalue weighted by molar-refractivity contribution is 0.486. The van der Waals surface area contributed by atoms with Gasteiger partial charge >= 0.3 is 0 Å². The topological polar surface area (TPSA) is 28.7 Å². The molecule has 0 radical (unpaired) electrons. The molecule has 0 atom stereocenters. The summed E-state index contributed by atoms with van der Waals surface area (Å²) in [6, 6.07) is 6.43. The van der Waals surface area contributed by atoms with Crippen LogP contribution in [-0.2, 0) is 0 Å². The molecule has 0 spiro atoms. The van der Waals surface area contributed by atoms with E-state index in [0.29, 0.717) is 0 Å². The second-order valence-corrected chi connectivity index (χ2v) is 5.75. The summed E-state index contributed by atoms with van der Waals surface area (Å²) in [5.41, 5.74) is 4.97. The van der Waals surface area contributed by atoms with Gasteiger partial charge in [-0.2, -0.15) is 0 Å². The largest absolute Gasteiger partial charge is 0.342 e. The van der Waals surface area contributed by atoms with E-state index < -0.39 is 0 Å². The molecule has 0 saturated carbocycles. The first-order chi connectivity index (χ1) is 10.5. The molecule has 0 amide bonds. The number of aromatic amines is 1. The maximum Gasteiger partial charge on any atom is 0.104 e. The predicted octanol–water partition coefficient (Wildman–Crippen LogP) is 6.54. The lowest BCUT2D eigenvalue weighted by Gasteiger charge is -2.23. The molecule has 0 unspecified atom stereocenters. The van der Waals surface area contributed by atoms with E-state index in [2.05, 4.69) is 60.2 Å². The van der Waals surface area contributed by atoms with Gasteiger partial charge in [0.25, 0.3) is 0 Å². The molecule has 0 bridgehead atoms. The molecule has 0 aliphatic heterocycles. The number of imidazole rings is 1.